The molecule has 0 unspecified atom stereocenters. The summed E-state index contributed by atoms with van der Waals surface area (Å²) in [6, 6.07) is 24.8. The fourth-order valence-corrected chi connectivity index (χ4v) is 3.20. The molecular formula is C22H16ClN. The van der Waals surface area contributed by atoms with E-state index in [9.17, 15) is 0 Å². The molecule has 0 N–H and O–H groups in total. The Labute approximate surface area is 146 Å². The molecule has 4 rings (SSSR count). The Hall–Kier alpha value is -2.64. The zero-order chi connectivity index (χ0) is 16.5. The lowest BCUT2D eigenvalue weighted by Gasteiger charge is -2.14. The molecule has 1 aromatic heterocycles. The minimum atomic E-state index is 0.725. The molecule has 24 heavy (non-hydrogen) atoms. The first-order chi connectivity index (χ1) is 11.7. The molecule has 0 atom stereocenters. The molecule has 0 aliphatic rings. The lowest BCUT2D eigenvalue weighted by molar-refractivity contribution is 1.40. The van der Waals surface area contributed by atoms with Gasteiger partial charge in [-0.2, -0.15) is 0 Å². The highest BCUT2D eigenvalue weighted by atomic mass is 35.5. The Bertz CT molecular complexity index is 1010. The monoisotopic (exact) mass is 329 g/mol. The standard InChI is InChI=1S/C22H16ClN/c1-15-7-9-16(10-8-15)20-14-24-21-12-11-18(23)13-19(21)22(20)17-5-3-2-4-6-17/h2-14H,1H3. The Morgan fingerprint density at radius 3 is 2.29 bits per heavy atom. The van der Waals surface area contributed by atoms with Crippen LogP contribution >= 0.6 is 11.6 Å². The maximum Gasteiger partial charge on any atom is 0.0709 e. The Morgan fingerprint density at radius 2 is 1.54 bits per heavy atom. The number of pyridine rings is 1. The predicted molar refractivity (Wildman–Crippen MR) is 102 cm³/mol. The highest BCUT2D eigenvalue weighted by molar-refractivity contribution is 6.31. The molecule has 3 aromatic carbocycles. The number of hydrogen-bond acceptors (Lipinski definition) is 1. The summed E-state index contributed by atoms with van der Waals surface area (Å²) in [4.78, 5) is 4.65. The number of aryl methyl sites for hydroxylation is 1. The SMILES string of the molecule is Cc1ccc(-c2cnc3ccc(Cl)cc3c2-c2ccccc2)cc1. The molecule has 0 amide bonds. The summed E-state index contributed by atoms with van der Waals surface area (Å²) in [7, 11) is 0. The number of fused-ring (bicyclic) bond motifs is 1. The lowest BCUT2D eigenvalue weighted by Crippen LogP contribution is -1.91. The molecular weight excluding hydrogens is 314 g/mol. The largest absolute Gasteiger partial charge is 0.256 e. The summed E-state index contributed by atoms with van der Waals surface area (Å²) in [6.07, 6.45) is 1.96. The lowest BCUT2D eigenvalue weighted by atomic mass is 9.92. The quantitative estimate of drug-likeness (QED) is 0.407. The van der Waals surface area contributed by atoms with Gasteiger partial charge < -0.3 is 0 Å². The van der Waals surface area contributed by atoms with Gasteiger partial charge in [0, 0.05) is 27.7 Å². The zero-order valence-electron chi connectivity index (χ0n) is 13.3. The van der Waals surface area contributed by atoms with E-state index in [2.05, 4.69) is 60.4 Å². The summed E-state index contributed by atoms with van der Waals surface area (Å²) in [5.41, 5.74) is 6.82. The molecule has 0 fully saturated rings. The second kappa shape index (κ2) is 6.10. The van der Waals surface area contributed by atoms with Crippen LogP contribution in [-0.2, 0) is 0 Å². The molecule has 1 nitrogen and oxygen atoms in total. The van der Waals surface area contributed by atoms with Gasteiger partial charge in [0.1, 0.15) is 0 Å². The average molecular weight is 330 g/mol. The van der Waals surface area contributed by atoms with Crippen LogP contribution in [0.1, 0.15) is 5.56 Å². The van der Waals surface area contributed by atoms with E-state index in [1.807, 2.05) is 30.5 Å². The van der Waals surface area contributed by atoms with E-state index in [4.69, 9.17) is 11.6 Å². The molecule has 4 aromatic rings. The number of aromatic nitrogens is 1. The van der Waals surface area contributed by atoms with Crippen LogP contribution in [0.15, 0.2) is 79.0 Å². The highest BCUT2D eigenvalue weighted by Gasteiger charge is 2.13. The Kier molecular flexibility index (Phi) is 3.79. The van der Waals surface area contributed by atoms with Crippen LogP contribution in [0, 0.1) is 6.92 Å². The van der Waals surface area contributed by atoms with Gasteiger partial charge in [0.15, 0.2) is 0 Å². The van der Waals surface area contributed by atoms with Crippen molar-refractivity contribution >= 4 is 22.5 Å². The molecule has 0 radical (unpaired) electrons. The van der Waals surface area contributed by atoms with Crippen molar-refractivity contribution in [3.8, 4) is 22.3 Å². The highest BCUT2D eigenvalue weighted by Crippen LogP contribution is 2.37. The van der Waals surface area contributed by atoms with Gasteiger partial charge in [-0.05, 0) is 36.2 Å². The maximum absolute atomic E-state index is 6.27. The second-order valence-corrected chi connectivity index (χ2v) is 6.38. The van der Waals surface area contributed by atoms with E-state index in [-0.39, 0.29) is 0 Å². The van der Waals surface area contributed by atoms with E-state index in [1.54, 1.807) is 0 Å². The molecule has 116 valence electrons. The van der Waals surface area contributed by atoms with Crippen molar-refractivity contribution in [3.05, 3.63) is 89.6 Å². The van der Waals surface area contributed by atoms with E-state index in [0.717, 1.165) is 27.1 Å². The van der Waals surface area contributed by atoms with Crippen LogP contribution in [-0.4, -0.2) is 4.98 Å². The molecule has 1 heterocycles. The summed E-state index contributed by atoms with van der Waals surface area (Å²) >= 11 is 6.27. The van der Waals surface area contributed by atoms with Gasteiger partial charge in [0.05, 0.1) is 5.52 Å². The molecule has 0 aliphatic carbocycles. The van der Waals surface area contributed by atoms with Crippen LogP contribution in [0.4, 0.5) is 0 Å². The number of benzene rings is 3. The van der Waals surface area contributed by atoms with Crippen molar-refractivity contribution in [1.82, 2.24) is 4.98 Å². The van der Waals surface area contributed by atoms with E-state index in [0.29, 0.717) is 0 Å². The Morgan fingerprint density at radius 1 is 0.792 bits per heavy atom. The summed E-state index contributed by atoms with van der Waals surface area (Å²) in [6.45, 7) is 2.10. The molecule has 0 bridgehead atoms. The number of halogens is 1. The van der Waals surface area contributed by atoms with Gasteiger partial charge in [-0.25, -0.2) is 0 Å². The zero-order valence-corrected chi connectivity index (χ0v) is 14.1. The van der Waals surface area contributed by atoms with Gasteiger partial charge in [-0.3, -0.25) is 4.98 Å². The van der Waals surface area contributed by atoms with Gasteiger partial charge in [-0.1, -0.05) is 71.8 Å². The Balaban J connectivity index is 2.08. The average Bonchev–Trinajstić information content (AvgIpc) is 2.62. The molecule has 0 saturated carbocycles. The first-order valence-corrected chi connectivity index (χ1v) is 8.31. The molecule has 0 spiro atoms. The van der Waals surface area contributed by atoms with Crippen LogP contribution < -0.4 is 0 Å². The van der Waals surface area contributed by atoms with Crippen LogP contribution in [0.3, 0.4) is 0 Å². The van der Waals surface area contributed by atoms with Crippen LogP contribution in [0.5, 0.6) is 0 Å². The van der Waals surface area contributed by atoms with Crippen molar-refractivity contribution < 1.29 is 0 Å². The van der Waals surface area contributed by atoms with Crippen molar-refractivity contribution in [1.29, 1.82) is 0 Å². The minimum Gasteiger partial charge on any atom is -0.256 e. The van der Waals surface area contributed by atoms with Crippen molar-refractivity contribution in [3.63, 3.8) is 0 Å². The molecule has 0 aliphatic heterocycles. The second-order valence-electron chi connectivity index (χ2n) is 5.94. The first kappa shape index (κ1) is 14.9. The molecule has 2 heteroatoms. The number of rotatable bonds is 2. The van der Waals surface area contributed by atoms with Crippen molar-refractivity contribution in [2.75, 3.05) is 0 Å². The fourth-order valence-electron chi connectivity index (χ4n) is 3.03. The van der Waals surface area contributed by atoms with Gasteiger partial charge in [-0.15, -0.1) is 0 Å². The number of hydrogen-bond donors (Lipinski definition) is 0. The van der Waals surface area contributed by atoms with E-state index >= 15 is 0 Å². The maximum atomic E-state index is 6.27. The van der Waals surface area contributed by atoms with Gasteiger partial charge in [0.25, 0.3) is 0 Å². The van der Waals surface area contributed by atoms with Gasteiger partial charge >= 0.3 is 0 Å². The fraction of sp³-hybridized carbons (Fsp3) is 0.0455. The summed E-state index contributed by atoms with van der Waals surface area (Å²) in [5.74, 6) is 0. The van der Waals surface area contributed by atoms with Crippen molar-refractivity contribution in [2.24, 2.45) is 0 Å². The van der Waals surface area contributed by atoms with E-state index < -0.39 is 0 Å². The topological polar surface area (TPSA) is 12.9 Å². The molecule has 0 saturated heterocycles. The van der Waals surface area contributed by atoms with E-state index in [1.165, 1.54) is 16.7 Å². The van der Waals surface area contributed by atoms with Crippen LogP contribution in [0.2, 0.25) is 5.02 Å². The van der Waals surface area contributed by atoms with Gasteiger partial charge in [0.2, 0.25) is 0 Å². The normalized spacial score (nSPS) is 10.9. The predicted octanol–water partition coefficient (Wildman–Crippen LogP) is 6.53. The third-order valence-corrected chi connectivity index (χ3v) is 4.49. The smallest absolute Gasteiger partial charge is 0.0709 e. The summed E-state index contributed by atoms with van der Waals surface area (Å²) in [5, 5.41) is 1.80. The third-order valence-electron chi connectivity index (χ3n) is 4.26. The third kappa shape index (κ3) is 2.68. The van der Waals surface area contributed by atoms with Crippen LogP contribution in [0.25, 0.3) is 33.2 Å². The van der Waals surface area contributed by atoms with Crippen molar-refractivity contribution in [2.45, 2.75) is 6.92 Å². The number of nitrogens with zero attached hydrogens (tertiary/aromatic N) is 1. The summed E-state index contributed by atoms with van der Waals surface area (Å²) < 4.78 is 0. The first-order valence-electron chi connectivity index (χ1n) is 7.93. The minimum absolute atomic E-state index is 0.725.